The molecule has 0 radical (unpaired) electrons. The van der Waals surface area contributed by atoms with Crippen molar-refractivity contribution in [3.05, 3.63) is 24.3 Å². The molecular formula is C8H12N2O2S. The number of benzene rings is 1. The Hall–Kier alpha value is -1.23. The topological polar surface area (TPSA) is 63.4 Å². The molecule has 0 aromatic heterocycles. The first-order valence-electron chi connectivity index (χ1n) is 4.99. The highest BCUT2D eigenvalue weighted by Crippen LogP contribution is 2.22. The molecule has 4 nitrogen and oxygen atoms in total. The molecule has 2 N–H and O–H groups in total. The molecule has 0 spiro atoms. The second-order valence-corrected chi connectivity index (χ2v) is 4.42. The number of para-hydroxylation sites is 2. The van der Waals surface area contributed by atoms with E-state index >= 15 is 0 Å². The van der Waals surface area contributed by atoms with Gasteiger partial charge in [0.25, 0.3) is 0 Å². The first-order chi connectivity index (χ1) is 7.14. The number of hydrogen-bond donors (Lipinski definition) is 1. The van der Waals surface area contributed by atoms with E-state index in [9.17, 15) is 8.42 Å². The third kappa shape index (κ3) is 2.12. The lowest BCUT2D eigenvalue weighted by Crippen LogP contribution is -2.25. The van der Waals surface area contributed by atoms with Gasteiger partial charge in [-0.3, -0.25) is 4.31 Å². The Bertz CT molecular complexity index is 484. The molecule has 0 saturated heterocycles. The smallest absolute Gasteiger partial charge is 0.232 e. The molecular weight excluding hydrogens is 188 g/mol. The van der Waals surface area contributed by atoms with E-state index in [0.29, 0.717) is 4.31 Å². The van der Waals surface area contributed by atoms with Gasteiger partial charge in [0.1, 0.15) is 0 Å². The highest BCUT2D eigenvalue weighted by molar-refractivity contribution is 7.92. The van der Waals surface area contributed by atoms with E-state index in [0.717, 1.165) is 6.26 Å². The summed E-state index contributed by atoms with van der Waals surface area (Å²) in [4.78, 5) is 0. The van der Waals surface area contributed by atoms with Gasteiger partial charge in [0, 0.05) is 11.1 Å². The largest absolute Gasteiger partial charge is 0.397 e. The zero-order chi connectivity index (χ0) is 12.6. The van der Waals surface area contributed by atoms with Crippen molar-refractivity contribution in [1.29, 1.82) is 0 Å². The fourth-order valence-corrected chi connectivity index (χ4v) is 1.37. The Morgan fingerprint density at radius 2 is 2.08 bits per heavy atom. The lowest BCUT2D eigenvalue weighted by molar-refractivity contribution is 0.600. The molecule has 72 valence electrons. The Labute approximate surface area is 82.2 Å². The van der Waals surface area contributed by atoms with Crippen LogP contribution in [0.5, 0.6) is 0 Å². The molecule has 0 heterocycles. The van der Waals surface area contributed by atoms with Crippen LogP contribution in [0.2, 0.25) is 0 Å². The molecule has 0 aliphatic heterocycles. The maximum Gasteiger partial charge on any atom is 0.232 e. The summed E-state index contributed by atoms with van der Waals surface area (Å²) in [5, 5.41) is 0. The number of nitrogens with two attached hydrogens (primary N) is 1. The highest BCUT2D eigenvalue weighted by atomic mass is 32.2. The van der Waals surface area contributed by atoms with Crippen LogP contribution in [0, 0.1) is 0 Å². The van der Waals surface area contributed by atoms with Crippen molar-refractivity contribution in [2.45, 2.75) is 0 Å². The maximum absolute atomic E-state index is 11.4. The predicted octanol–water partition coefficient (Wildman–Crippen LogP) is 0.665. The second-order valence-electron chi connectivity index (χ2n) is 2.59. The summed E-state index contributed by atoms with van der Waals surface area (Å²) in [7, 11) is -3.91. The molecule has 0 aliphatic rings. The molecule has 1 rings (SSSR count). The van der Waals surface area contributed by atoms with Crippen molar-refractivity contribution in [1.82, 2.24) is 0 Å². The summed E-state index contributed by atoms with van der Waals surface area (Å²) in [5.41, 5.74) is 5.62. The highest BCUT2D eigenvalue weighted by Gasteiger charge is 2.13. The monoisotopic (exact) mass is 203 g/mol. The zero-order valence-electron chi connectivity index (χ0n) is 10.1. The minimum absolute atomic E-state index is 0.0370. The lowest BCUT2D eigenvalue weighted by atomic mass is 10.3. The number of anilines is 2. The molecule has 0 fully saturated rings. The van der Waals surface area contributed by atoms with E-state index in [-0.39, 0.29) is 11.4 Å². The van der Waals surface area contributed by atoms with Gasteiger partial charge in [0.2, 0.25) is 10.0 Å². The van der Waals surface area contributed by atoms with Crippen molar-refractivity contribution in [2.75, 3.05) is 23.3 Å². The van der Waals surface area contributed by atoms with Gasteiger partial charge in [0.05, 0.1) is 17.6 Å². The van der Waals surface area contributed by atoms with Gasteiger partial charge in [-0.05, 0) is 12.1 Å². The fourth-order valence-electron chi connectivity index (χ4n) is 0.851. The SMILES string of the molecule is [2H]C([2H])([2H])N(c1ccccc1N)S(C)(=O)=O. The van der Waals surface area contributed by atoms with Gasteiger partial charge in [0.15, 0.2) is 0 Å². The van der Waals surface area contributed by atoms with Crippen LogP contribution >= 0.6 is 0 Å². The number of rotatable bonds is 2. The molecule has 0 atom stereocenters. The Morgan fingerprint density at radius 3 is 2.54 bits per heavy atom. The van der Waals surface area contributed by atoms with Crippen molar-refractivity contribution >= 4 is 21.4 Å². The van der Waals surface area contributed by atoms with Gasteiger partial charge in [-0.2, -0.15) is 0 Å². The molecule has 0 amide bonds. The summed E-state index contributed by atoms with van der Waals surface area (Å²) in [6, 6.07) is 5.91. The number of nitrogen functional groups attached to an aromatic ring is 1. The van der Waals surface area contributed by atoms with E-state index in [1.54, 1.807) is 6.07 Å². The average molecular weight is 203 g/mol. The first kappa shape index (κ1) is 6.26. The van der Waals surface area contributed by atoms with Crippen LogP contribution < -0.4 is 10.0 Å². The molecule has 1 aromatic rings. The van der Waals surface area contributed by atoms with Crippen LogP contribution in [0.15, 0.2) is 24.3 Å². The Kier molecular flexibility index (Phi) is 1.57. The van der Waals surface area contributed by atoms with Crippen LogP contribution in [-0.2, 0) is 10.0 Å². The van der Waals surface area contributed by atoms with E-state index in [1.807, 2.05) is 0 Å². The summed E-state index contributed by atoms with van der Waals surface area (Å²) >= 11 is 0. The Morgan fingerprint density at radius 1 is 1.46 bits per heavy atom. The summed E-state index contributed by atoms with van der Waals surface area (Å²) in [6.45, 7) is -2.79. The summed E-state index contributed by atoms with van der Waals surface area (Å²) < 4.78 is 44.8. The fraction of sp³-hybridized carbons (Fsp3) is 0.250. The summed E-state index contributed by atoms with van der Waals surface area (Å²) in [6.07, 6.45) is 0.825. The number of hydrogen-bond acceptors (Lipinski definition) is 3. The van der Waals surface area contributed by atoms with Gasteiger partial charge in [-0.25, -0.2) is 8.42 Å². The maximum atomic E-state index is 11.4. The van der Waals surface area contributed by atoms with E-state index in [1.165, 1.54) is 18.2 Å². The van der Waals surface area contributed by atoms with E-state index in [4.69, 9.17) is 9.85 Å². The van der Waals surface area contributed by atoms with Crippen molar-refractivity contribution in [2.24, 2.45) is 0 Å². The third-order valence-corrected chi connectivity index (χ3v) is 2.35. The molecule has 5 heteroatoms. The zero-order valence-corrected chi connectivity index (χ0v) is 7.88. The van der Waals surface area contributed by atoms with E-state index in [2.05, 4.69) is 0 Å². The minimum Gasteiger partial charge on any atom is -0.397 e. The molecule has 0 aliphatic carbocycles. The lowest BCUT2D eigenvalue weighted by Gasteiger charge is -2.17. The minimum atomic E-state index is -3.91. The van der Waals surface area contributed by atoms with Crippen LogP contribution in [0.1, 0.15) is 4.11 Å². The molecule has 0 saturated carbocycles. The van der Waals surface area contributed by atoms with Crippen LogP contribution in [-0.4, -0.2) is 21.6 Å². The molecule has 0 unspecified atom stereocenters. The van der Waals surface area contributed by atoms with Crippen molar-refractivity contribution < 1.29 is 12.5 Å². The third-order valence-electron chi connectivity index (χ3n) is 1.49. The number of nitrogens with zero attached hydrogens (tertiary/aromatic N) is 1. The average Bonchev–Trinajstić information content (AvgIpc) is 2.03. The number of sulfonamides is 1. The second kappa shape index (κ2) is 3.26. The van der Waals surface area contributed by atoms with Crippen LogP contribution in [0.4, 0.5) is 11.4 Å². The van der Waals surface area contributed by atoms with Gasteiger partial charge in [-0.1, -0.05) is 12.1 Å². The molecule has 0 bridgehead atoms. The van der Waals surface area contributed by atoms with Gasteiger partial charge < -0.3 is 5.73 Å². The molecule has 1 aromatic carbocycles. The van der Waals surface area contributed by atoms with Gasteiger partial charge >= 0.3 is 0 Å². The quantitative estimate of drug-likeness (QED) is 0.718. The van der Waals surface area contributed by atoms with Crippen molar-refractivity contribution in [3.63, 3.8) is 0 Å². The van der Waals surface area contributed by atoms with Crippen LogP contribution in [0.25, 0.3) is 0 Å². The first-order valence-corrected chi connectivity index (χ1v) is 5.34. The van der Waals surface area contributed by atoms with E-state index < -0.39 is 17.0 Å². The normalized spacial score (nSPS) is 15.6. The Balaban J connectivity index is 3.41. The summed E-state index contributed by atoms with van der Waals surface area (Å²) in [5.74, 6) is 0. The standard InChI is InChI=1S/C8H12N2O2S/c1-10(13(2,11)12)8-6-4-3-5-7(8)9/h3-6H,9H2,1-2H3/i1D3. The van der Waals surface area contributed by atoms with Gasteiger partial charge in [-0.15, -0.1) is 0 Å². The molecule has 13 heavy (non-hydrogen) atoms. The van der Waals surface area contributed by atoms with Crippen molar-refractivity contribution in [3.8, 4) is 0 Å². The predicted molar refractivity (Wildman–Crippen MR) is 54.1 cm³/mol. The van der Waals surface area contributed by atoms with Crippen LogP contribution in [0.3, 0.4) is 0 Å².